The first kappa shape index (κ1) is 25.9. The van der Waals surface area contributed by atoms with Gasteiger partial charge in [-0.05, 0) is 37.9 Å². The summed E-state index contributed by atoms with van der Waals surface area (Å²) < 4.78 is 22.6. The summed E-state index contributed by atoms with van der Waals surface area (Å²) in [7, 11) is 2.08. The van der Waals surface area contributed by atoms with Crippen LogP contribution in [0.25, 0.3) is 32.9 Å². The van der Waals surface area contributed by atoms with Crippen LogP contribution in [0.5, 0.6) is 6.01 Å². The molecule has 2 aliphatic heterocycles. The summed E-state index contributed by atoms with van der Waals surface area (Å²) in [6.07, 6.45) is 9.96. The van der Waals surface area contributed by atoms with Gasteiger partial charge in [-0.1, -0.05) is 36.3 Å². The van der Waals surface area contributed by atoms with Crippen molar-refractivity contribution in [1.82, 2.24) is 25.2 Å². The molecule has 2 saturated heterocycles. The van der Waals surface area contributed by atoms with Crippen molar-refractivity contribution in [2.75, 3.05) is 44.7 Å². The fourth-order valence-corrected chi connectivity index (χ4v) is 5.80. The molecule has 2 fully saturated rings. The maximum absolute atomic E-state index is 16.5. The second-order valence-electron chi connectivity index (χ2n) is 10.4. The SMILES string of the molecule is C#Cc1cccc2cccc(-c3ncc4c(N5CCNC(CC#N)C5)nc(OCC5CCCN5C)nc4c3F)c12. The van der Waals surface area contributed by atoms with E-state index < -0.39 is 5.82 Å². The maximum atomic E-state index is 16.5. The number of ether oxygens (including phenoxy) is 1. The van der Waals surface area contributed by atoms with Crippen molar-refractivity contribution < 1.29 is 9.13 Å². The molecule has 4 aromatic rings. The fourth-order valence-electron chi connectivity index (χ4n) is 5.80. The third-order valence-electron chi connectivity index (χ3n) is 7.93. The smallest absolute Gasteiger partial charge is 0.319 e. The maximum Gasteiger partial charge on any atom is 0.319 e. The number of hydrogen-bond donors (Lipinski definition) is 1. The highest BCUT2D eigenvalue weighted by Gasteiger charge is 2.27. The number of rotatable bonds is 6. The number of benzene rings is 2. The molecule has 1 N–H and O–H groups in total. The van der Waals surface area contributed by atoms with Gasteiger partial charge in [0.15, 0.2) is 5.82 Å². The minimum absolute atomic E-state index is 0.0183. The number of hydrogen-bond acceptors (Lipinski definition) is 8. The number of likely N-dealkylation sites (N-methyl/N-ethyl adjacent to an activating group) is 1. The Morgan fingerprint density at radius 2 is 2.05 bits per heavy atom. The van der Waals surface area contributed by atoms with Crippen molar-refractivity contribution in [3.8, 4) is 35.7 Å². The molecule has 0 radical (unpaired) electrons. The molecular weight excluding hydrogens is 505 g/mol. The lowest BCUT2D eigenvalue weighted by Gasteiger charge is -2.34. The van der Waals surface area contributed by atoms with Crippen molar-refractivity contribution >= 4 is 27.5 Å². The largest absolute Gasteiger partial charge is 0.462 e. The normalized spacial score (nSPS) is 19.6. The van der Waals surface area contributed by atoms with E-state index in [0.29, 0.717) is 55.0 Å². The molecule has 2 unspecified atom stereocenters. The quantitative estimate of drug-likeness (QED) is 0.369. The zero-order valence-electron chi connectivity index (χ0n) is 22.4. The third kappa shape index (κ3) is 4.79. The number of fused-ring (bicyclic) bond motifs is 2. The van der Waals surface area contributed by atoms with Gasteiger partial charge < -0.3 is 19.9 Å². The van der Waals surface area contributed by atoms with Crippen LogP contribution in [0.2, 0.25) is 0 Å². The molecule has 0 spiro atoms. The number of nitrogens with one attached hydrogen (secondary N) is 1. The molecule has 2 aromatic carbocycles. The summed E-state index contributed by atoms with van der Waals surface area (Å²) in [4.78, 5) is 18.3. The highest BCUT2D eigenvalue weighted by molar-refractivity contribution is 6.02. The van der Waals surface area contributed by atoms with E-state index in [0.717, 1.165) is 30.2 Å². The van der Waals surface area contributed by atoms with E-state index in [1.165, 1.54) is 0 Å². The van der Waals surface area contributed by atoms with Crippen molar-refractivity contribution in [3.63, 3.8) is 0 Å². The summed E-state index contributed by atoms with van der Waals surface area (Å²) >= 11 is 0. The summed E-state index contributed by atoms with van der Waals surface area (Å²) in [6.45, 7) is 3.33. The zero-order chi connectivity index (χ0) is 27.6. The summed E-state index contributed by atoms with van der Waals surface area (Å²) in [5.74, 6) is 2.73. The van der Waals surface area contributed by atoms with Gasteiger partial charge in [-0.15, -0.1) is 6.42 Å². The van der Waals surface area contributed by atoms with E-state index in [2.05, 4.69) is 44.1 Å². The number of nitriles is 1. The Morgan fingerprint density at radius 1 is 1.20 bits per heavy atom. The van der Waals surface area contributed by atoms with Gasteiger partial charge in [0.2, 0.25) is 0 Å². The van der Waals surface area contributed by atoms with E-state index in [1.807, 2.05) is 36.4 Å². The number of terminal acetylenes is 1. The molecule has 2 atom stereocenters. The predicted molar refractivity (Wildman–Crippen MR) is 154 cm³/mol. The number of pyridine rings is 1. The summed E-state index contributed by atoms with van der Waals surface area (Å²) in [6, 6.07) is 14.0. The monoisotopic (exact) mass is 535 g/mol. The molecule has 0 bridgehead atoms. The average Bonchev–Trinajstić information content (AvgIpc) is 3.40. The van der Waals surface area contributed by atoms with E-state index in [-0.39, 0.29) is 29.3 Å². The Hall–Kier alpha value is -4.31. The van der Waals surface area contributed by atoms with E-state index >= 15 is 4.39 Å². The zero-order valence-corrected chi connectivity index (χ0v) is 22.4. The van der Waals surface area contributed by atoms with Crippen molar-refractivity contribution in [3.05, 3.63) is 54.0 Å². The number of halogens is 1. The fraction of sp³-hybridized carbons (Fsp3) is 0.355. The van der Waals surface area contributed by atoms with Crippen LogP contribution in [-0.4, -0.2) is 71.8 Å². The van der Waals surface area contributed by atoms with Crippen LogP contribution >= 0.6 is 0 Å². The molecular formula is C31H30FN7O. The molecule has 4 heterocycles. The van der Waals surface area contributed by atoms with Crippen LogP contribution in [0.15, 0.2) is 42.6 Å². The molecule has 40 heavy (non-hydrogen) atoms. The topological polar surface area (TPSA) is 90.2 Å². The standard InChI is InChI=1S/C31H30FN7O/c1-3-20-7-4-8-21-9-5-11-24(26(20)21)28-27(32)29-25(17-35-28)30(39-16-14-34-22(18-39)12-13-33)37-31(36-29)40-19-23-10-6-15-38(23)2/h1,4-5,7-9,11,17,22-23,34H,6,10,12,14-16,18-19H2,2H3. The molecule has 202 valence electrons. The molecule has 9 heteroatoms. The lowest BCUT2D eigenvalue weighted by Crippen LogP contribution is -2.51. The van der Waals surface area contributed by atoms with Crippen LogP contribution in [-0.2, 0) is 0 Å². The molecule has 2 aromatic heterocycles. The highest BCUT2D eigenvalue weighted by Crippen LogP contribution is 2.36. The number of aromatic nitrogens is 3. The predicted octanol–water partition coefficient (Wildman–Crippen LogP) is 4.13. The van der Waals surface area contributed by atoms with Crippen molar-refractivity contribution in [2.24, 2.45) is 0 Å². The number of likely N-dealkylation sites (tertiary alicyclic amines) is 1. The first-order valence-electron chi connectivity index (χ1n) is 13.6. The van der Waals surface area contributed by atoms with Gasteiger partial charge in [0.05, 0.1) is 17.9 Å². The van der Waals surface area contributed by atoms with Gasteiger partial charge in [0.1, 0.15) is 23.6 Å². The highest BCUT2D eigenvalue weighted by atomic mass is 19.1. The minimum atomic E-state index is -0.549. The van der Waals surface area contributed by atoms with Crippen LogP contribution in [0.1, 0.15) is 24.8 Å². The van der Waals surface area contributed by atoms with E-state index in [4.69, 9.17) is 16.1 Å². The Bertz CT molecular complexity index is 1650. The molecule has 2 aliphatic rings. The van der Waals surface area contributed by atoms with E-state index in [1.54, 1.807) is 6.20 Å². The van der Waals surface area contributed by atoms with Gasteiger partial charge in [-0.2, -0.15) is 15.2 Å². The van der Waals surface area contributed by atoms with Crippen LogP contribution in [0, 0.1) is 29.5 Å². The van der Waals surface area contributed by atoms with Crippen LogP contribution < -0.4 is 15.0 Å². The Balaban J connectivity index is 1.48. The van der Waals surface area contributed by atoms with Crippen molar-refractivity contribution in [2.45, 2.75) is 31.3 Å². The molecule has 6 rings (SSSR count). The number of piperazine rings is 1. The number of nitrogens with zero attached hydrogens (tertiary/aromatic N) is 6. The van der Waals surface area contributed by atoms with Gasteiger partial charge in [0.25, 0.3) is 0 Å². The molecule has 0 amide bonds. The Morgan fingerprint density at radius 3 is 2.83 bits per heavy atom. The lowest BCUT2D eigenvalue weighted by atomic mass is 9.97. The second-order valence-corrected chi connectivity index (χ2v) is 10.4. The summed E-state index contributed by atoms with van der Waals surface area (Å²) in [5, 5.41) is 14.8. The minimum Gasteiger partial charge on any atom is -0.462 e. The lowest BCUT2D eigenvalue weighted by molar-refractivity contribution is 0.188. The Kier molecular flexibility index (Phi) is 7.17. The first-order valence-corrected chi connectivity index (χ1v) is 13.6. The first-order chi connectivity index (χ1) is 19.6. The molecule has 0 aliphatic carbocycles. The number of anilines is 1. The second kappa shape index (κ2) is 11.1. The Labute approximate surface area is 232 Å². The third-order valence-corrected chi connectivity index (χ3v) is 7.93. The molecule has 0 saturated carbocycles. The summed E-state index contributed by atoms with van der Waals surface area (Å²) in [5.41, 5.74) is 1.61. The van der Waals surface area contributed by atoms with Gasteiger partial charge in [-0.25, -0.2) is 4.39 Å². The van der Waals surface area contributed by atoms with Gasteiger partial charge in [-0.3, -0.25) is 4.98 Å². The van der Waals surface area contributed by atoms with Gasteiger partial charge in [0, 0.05) is 54.4 Å². The van der Waals surface area contributed by atoms with Crippen molar-refractivity contribution in [1.29, 1.82) is 5.26 Å². The van der Waals surface area contributed by atoms with Crippen LogP contribution in [0.3, 0.4) is 0 Å². The average molecular weight is 536 g/mol. The van der Waals surface area contributed by atoms with Gasteiger partial charge >= 0.3 is 6.01 Å². The van der Waals surface area contributed by atoms with E-state index in [9.17, 15) is 5.26 Å². The van der Waals surface area contributed by atoms with Crippen LogP contribution in [0.4, 0.5) is 10.2 Å². The molecule has 8 nitrogen and oxygen atoms in total.